The number of nitrogens with zero attached hydrogens (tertiary/aromatic N) is 1. The molecule has 0 aromatic heterocycles. The molecular formula is C21H39N3. The van der Waals surface area contributed by atoms with Crippen molar-refractivity contribution in [2.24, 2.45) is 11.8 Å². The molecule has 1 atom stereocenters. The largest absolute Gasteiger partial charge is 0.392 e. The van der Waals surface area contributed by atoms with Gasteiger partial charge in [0.2, 0.25) is 0 Å². The lowest BCUT2D eigenvalue weighted by Gasteiger charge is -2.29. The molecule has 0 saturated heterocycles. The normalized spacial score (nSPS) is 12.0. The monoisotopic (exact) mass is 333 g/mol. The van der Waals surface area contributed by atoms with Crippen LogP contribution in [0.2, 0.25) is 0 Å². The first-order valence-electron chi connectivity index (χ1n) is 8.95. The molecular weight excluding hydrogens is 294 g/mol. The lowest BCUT2D eigenvalue weighted by molar-refractivity contribution is 0.396. The average molecular weight is 334 g/mol. The Bertz CT molecular complexity index is 446. The topological polar surface area (TPSA) is 27.3 Å². The van der Waals surface area contributed by atoms with Crippen LogP contribution in [0, 0.1) is 11.8 Å². The summed E-state index contributed by atoms with van der Waals surface area (Å²) in [5, 5.41) is 6.68. The number of nitrogens with one attached hydrogen (secondary N) is 2. The third-order valence-electron chi connectivity index (χ3n) is 4.27. The highest BCUT2D eigenvalue weighted by Gasteiger charge is 2.17. The molecule has 0 aliphatic rings. The summed E-state index contributed by atoms with van der Waals surface area (Å²) < 4.78 is 0. The molecule has 0 aromatic carbocycles. The molecule has 0 rings (SSSR count). The van der Waals surface area contributed by atoms with E-state index >= 15 is 0 Å². The molecule has 24 heavy (non-hydrogen) atoms. The van der Waals surface area contributed by atoms with Crippen LogP contribution in [0.4, 0.5) is 0 Å². The van der Waals surface area contributed by atoms with Crippen LogP contribution in [0.3, 0.4) is 0 Å². The molecule has 0 fully saturated rings. The first-order chi connectivity index (χ1) is 11.1. The molecule has 3 heteroatoms. The lowest BCUT2D eigenvalue weighted by Crippen LogP contribution is -2.36. The molecule has 0 saturated carbocycles. The molecule has 0 bridgehead atoms. The van der Waals surface area contributed by atoms with Crippen LogP contribution in [-0.4, -0.2) is 31.6 Å². The highest BCUT2D eigenvalue weighted by atomic mass is 15.1. The zero-order valence-electron chi connectivity index (χ0n) is 16.8. The minimum Gasteiger partial charge on any atom is -0.392 e. The van der Waals surface area contributed by atoms with Crippen molar-refractivity contribution in [2.75, 3.05) is 20.6 Å². The van der Waals surface area contributed by atoms with E-state index < -0.39 is 0 Å². The molecule has 0 spiro atoms. The van der Waals surface area contributed by atoms with Gasteiger partial charge in [0, 0.05) is 37.2 Å². The van der Waals surface area contributed by atoms with Crippen molar-refractivity contribution in [2.45, 2.75) is 53.0 Å². The minimum absolute atomic E-state index is 0.217. The Morgan fingerprint density at radius 3 is 2.04 bits per heavy atom. The average Bonchev–Trinajstić information content (AvgIpc) is 2.49. The molecule has 138 valence electrons. The lowest BCUT2D eigenvalue weighted by atomic mass is 9.93. The summed E-state index contributed by atoms with van der Waals surface area (Å²) in [4.78, 5) is 2.18. The van der Waals surface area contributed by atoms with Crippen LogP contribution >= 0.6 is 0 Å². The molecule has 3 nitrogen and oxygen atoms in total. The van der Waals surface area contributed by atoms with Crippen LogP contribution in [0.15, 0.2) is 49.0 Å². The molecule has 0 aliphatic heterocycles. The van der Waals surface area contributed by atoms with E-state index in [-0.39, 0.29) is 6.04 Å². The molecule has 0 radical (unpaired) electrons. The number of allylic oxidation sites excluding steroid dienone is 2. The van der Waals surface area contributed by atoms with Crippen molar-refractivity contribution >= 4 is 0 Å². The van der Waals surface area contributed by atoms with Gasteiger partial charge in [-0.3, -0.25) is 0 Å². The molecule has 0 amide bonds. The van der Waals surface area contributed by atoms with Gasteiger partial charge in [-0.05, 0) is 31.1 Å². The van der Waals surface area contributed by atoms with E-state index in [1.165, 1.54) is 5.57 Å². The fraction of sp³-hybridized carbons (Fsp3) is 0.619. The second-order valence-electron chi connectivity index (χ2n) is 7.44. The van der Waals surface area contributed by atoms with E-state index in [1.807, 2.05) is 7.05 Å². The van der Waals surface area contributed by atoms with E-state index in [9.17, 15) is 0 Å². The summed E-state index contributed by atoms with van der Waals surface area (Å²) in [5.74, 6) is 1.05. The Morgan fingerprint density at radius 2 is 1.58 bits per heavy atom. The molecule has 0 aromatic rings. The van der Waals surface area contributed by atoms with Crippen molar-refractivity contribution in [3.63, 3.8) is 0 Å². The van der Waals surface area contributed by atoms with Gasteiger partial charge in [0.05, 0.1) is 6.54 Å². The van der Waals surface area contributed by atoms with Crippen molar-refractivity contribution in [3.05, 3.63) is 49.0 Å². The van der Waals surface area contributed by atoms with Gasteiger partial charge < -0.3 is 15.5 Å². The number of rotatable bonds is 13. The van der Waals surface area contributed by atoms with Crippen LogP contribution < -0.4 is 10.6 Å². The van der Waals surface area contributed by atoms with Crippen LogP contribution in [0.1, 0.15) is 47.0 Å². The van der Waals surface area contributed by atoms with Crippen molar-refractivity contribution < 1.29 is 0 Å². The summed E-state index contributed by atoms with van der Waals surface area (Å²) in [6.45, 7) is 26.2. The van der Waals surface area contributed by atoms with Crippen molar-refractivity contribution in [1.29, 1.82) is 0 Å². The van der Waals surface area contributed by atoms with E-state index in [0.29, 0.717) is 11.8 Å². The Labute approximate surface area is 150 Å². The zero-order chi connectivity index (χ0) is 18.9. The minimum atomic E-state index is 0.217. The molecule has 2 N–H and O–H groups in total. The van der Waals surface area contributed by atoms with Gasteiger partial charge in [-0.2, -0.15) is 0 Å². The highest BCUT2D eigenvalue weighted by Crippen LogP contribution is 2.19. The van der Waals surface area contributed by atoms with Gasteiger partial charge in [-0.1, -0.05) is 59.6 Å². The summed E-state index contributed by atoms with van der Waals surface area (Å²) in [6.07, 6.45) is 2.89. The van der Waals surface area contributed by atoms with Crippen molar-refractivity contribution in [3.8, 4) is 0 Å². The molecule has 1 unspecified atom stereocenters. The van der Waals surface area contributed by atoms with E-state index in [0.717, 1.165) is 42.9 Å². The van der Waals surface area contributed by atoms with Gasteiger partial charge >= 0.3 is 0 Å². The summed E-state index contributed by atoms with van der Waals surface area (Å²) in [5.41, 5.74) is 4.41. The second-order valence-corrected chi connectivity index (χ2v) is 7.44. The Morgan fingerprint density at radius 1 is 1.00 bits per heavy atom. The van der Waals surface area contributed by atoms with Gasteiger partial charge in [-0.25, -0.2) is 0 Å². The fourth-order valence-electron chi connectivity index (χ4n) is 2.51. The smallest absolute Gasteiger partial charge is 0.0564 e. The molecule has 0 aliphatic carbocycles. The predicted molar refractivity (Wildman–Crippen MR) is 109 cm³/mol. The maximum absolute atomic E-state index is 4.28. The highest BCUT2D eigenvalue weighted by molar-refractivity contribution is 5.14. The number of hydrogen-bond acceptors (Lipinski definition) is 3. The van der Waals surface area contributed by atoms with E-state index in [2.05, 4.69) is 76.6 Å². The van der Waals surface area contributed by atoms with Gasteiger partial charge in [0.15, 0.2) is 0 Å². The third-order valence-corrected chi connectivity index (χ3v) is 4.27. The Kier molecular flexibility index (Phi) is 10.3. The number of hydrogen-bond donors (Lipinski definition) is 2. The fourth-order valence-corrected chi connectivity index (χ4v) is 2.51. The van der Waals surface area contributed by atoms with Gasteiger partial charge in [0.1, 0.15) is 0 Å². The van der Waals surface area contributed by atoms with Crippen molar-refractivity contribution in [1.82, 2.24) is 15.5 Å². The Hall–Kier alpha value is -1.64. The standard InChI is InChI=1S/C21H39N3/c1-15(2)13-19(7)24(10)14-18(6)23-21(20(8)16(3)4)12-11-17(5)22-9/h15-16,21-23H,5-8,11-14H2,1-4,9-10H3. The Balaban J connectivity index is 4.70. The summed E-state index contributed by atoms with van der Waals surface area (Å²) in [6, 6.07) is 0.217. The van der Waals surface area contributed by atoms with E-state index in [4.69, 9.17) is 0 Å². The maximum atomic E-state index is 4.28. The number of likely N-dealkylation sites (N-methyl/N-ethyl adjacent to an activating group) is 1. The molecule has 0 heterocycles. The summed E-state index contributed by atoms with van der Waals surface area (Å²) >= 11 is 0. The second kappa shape index (κ2) is 11.0. The quantitative estimate of drug-likeness (QED) is 0.479. The van der Waals surface area contributed by atoms with Crippen LogP contribution in [0.25, 0.3) is 0 Å². The maximum Gasteiger partial charge on any atom is 0.0564 e. The van der Waals surface area contributed by atoms with Crippen LogP contribution in [-0.2, 0) is 0 Å². The predicted octanol–water partition coefficient (Wildman–Crippen LogP) is 4.68. The van der Waals surface area contributed by atoms with Gasteiger partial charge in [-0.15, -0.1) is 0 Å². The summed E-state index contributed by atoms with van der Waals surface area (Å²) in [7, 11) is 3.99. The first-order valence-corrected chi connectivity index (χ1v) is 8.95. The SMILES string of the molecule is C=C(CCC(NC(=C)CN(C)C(=C)CC(C)C)C(=C)C(C)C)NC. The van der Waals surface area contributed by atoms with E-state index in [1.54, 1.807) is 0 Å². The first kappa shape index (κ1) is 22.4. The third kappa shape index (κ3) is 8.85. The van der Waals surface area contributed by atoms with Crippen LogP contribution in [0.5, 0.6) is 0 Å². The zero-order valence-corrected chi connectivity index (χ0v) is 16.8. The van der Waals surface area contributed by atoms with Gasteiger partial charge in [0.25, 0.3) is 0 Å².